The minimum Gasteiger partial charge on any atom is -0.455 e. The second kappa shape index (κ2) is 9.82. The molecule has 0 bridgehead atoms. The van der Waals surface area contributed by atoms with Crippen LogP contribution in [0.5, 0.6) is 0 Å². The fourth-order valence-corrected chi connectivity index (χ4v) is 6.55. The molecule has 206 valence electrons. The van der Waals surface area contributed by atoms with Gasteiger partial charge in [0.2, 0.25) is 0 Å². The van der Waals surface area contributed by atoms with E-state index in [1.54, 1.807) is 0 Å². The minimum atomic E-state index is 0.900. The van der Waals surface area contributed by atoms with E-state index in [2.05, 4.69) is 144 Å². The zero-order valence-corrected chi connectivity index (χ0v) is 23.8. The molecule has 9 aromatic rings. The van der Waals surface area contributed by atoms with Gasteiger partial charge in [-0.05, 0) is 65.4 Å². The molecule has 0 saturated heterocycles. The highest BCUT2D eigenvalue weighted by molar-refractivity contribution is 6.24. The first kappa shape index (κ1) is 24.6. The Morgan fingerprint density at radius 1 is 0.455 bits per heavy atom. The van der Waals surface area contributed by atoms with E-state index in [1.807, 2.05) is 18.2 Å². The molecule has 0 radical (unpaired) electrons. The summed E-state index contributed by atoms with van der Waals surface area (Å²) in [5.74, 6) is 0. The van der Waals surface area contributed by atoms with Crippen molar-refractivity contribution in [1.29, 1.82) is 0 Å². The van der Waals surface area contributed by atoms with Crippen molar-refractivity contribution < 1.29 is 4.42 Å². The maximum Gasteiger partial charge on any atom is 0.144 e. The Morgan fingerprint density at radius 2 is 1.11 bits per heavy atom. The quantitative estimate of drug-likeness (QED) is 0.200. The molecule has 0 amide bonds. The molecule has 3 heteroatoms. The molecule has 0 saturated carbocycles. The highest BCUT2D eigenvalue weighted by Crippen LogP contribution is 2.42. The third kappa shape index (κ3) is 3.87. The first-order valence-corrected chi connectivity index (χ1v) is 14.9. The van der Waals surface area contributed by atoms with Gasteiger partial charge in [-0.25, -0.2) is 4.98 Å². The normalized spacial score (nSPS) is 11.6. The third-order valence-corrected chi connectivity index (χ3v) is 8.61. The van der Waals surface area contributed by atoms with E-state index in [9.17, 15) is 0 Å². The van der Waals surface area contributed by atoms with E-state index in [1.165, 1.54) is 10.8 Å². The van der Waals surface area contributed by atoms with Crippen molar-refractivity contribution in [3.8, 4) is 11.3 Å². The van der Waals surface area contributed by atoms with Crippen LogP contribution in [0.15, 0.2) is 162 Å². The second-order valence-corrected chi connectivity index (χ2v) is 11.2. The van der Waals surface area contributed by atoms with Gasteiger partial charge in [0, 0.05) is 49.6 Å². The molecule has 0 aliphatic carbocycles. The Labute approximate surface area is 254 Å². The summed E-state index contributed by atoms with van der Waals surface area (Å²) in [6.45, 7) is 0. The van der Waals surface area contributed by atoms with Crippen LogP contribution >= 0.6 is 0 Å². The zero-order valence-electron chi connectivity index (χ0n) is 23.8. The van der Waals surface area contributed by atoms with Crippen LogP contribution in [0.1, 0.15) is 0 Å². The van der Waals surface area contributed by atoms with Gasteiger partial charge in [-0.15, -0.1) is 0 Å². The number of para-hydroxylation sites is 3. The Bertz CT molecular complexity index is 2490. The van der Waals surface area contributed by atoms with Crippen LogP contribution in [0.3, 0.4) is 0 Å². The van der Waals surface area contributed by atoms with Gasteiger partial charge in [0.25, 0.3) is 0 Å². The number of pyridine rings is 1. The van der Waals surface area contributed by atoms with Crippen molar-refractivity contribution in [2.24, 2.45) is 0 Å². The number of aromatic nitrogens is 1. The van der Waals surface area contributed by atoms with Gasteiger partial charge >= 0.3 is 0 Å². The van der Waals surface area contributed by atoms with Gasteiger partial charge in [-0.2, -0.15) is 0 Å². The fraction of sp³-hybridized carbons (Fsp3) is 0. The molecule has 0 atom stereocenters. The highest BCUT2D eigenvalue weighted by atomic mass is 16.3. The molecular weight excluding hydrogens is 536 g/mol. The average molecular weight is 563 g/mol. The molecule has 9 rings (SSSR count). The van der Waals surface area contributed by atoms with Gasteiger partial charge < -0.3 is 9.32 Å². The lowest BCUT2D eigenvalue weighted by Gasteiger charge is -2.26. The number of fused-ring (bicyclic) bond motifs is 8. The summed E-state index contributed by atoms with van der Waals surface area (Å²) in [4.78, 5) is 7.51. The molecule has 0 spiro atoms. The van der Waals surface area contributed by atoms with E-state index in [4.69, 9.17) is 9.40 Å². The number of nitrogens with zero attached hydrogens (tertiary/aromatic N) is 2. The Hall–Kier alpha value is -5.93. The molecule has 0 fully saturated rings. The van der Waals surface area contributed by atoms with Crippen LogP contribution in [-0.4, -0.2) is 4.98 Å². The van der Waals surface area contributed by atoms with Crippen molar-refractivity contribution in [3.63, 3.8) is 0 Å². The van der Waals surface area contributed by atoms with Crippen molar-refractivity contribution >= 4 is 71.4 Å². The predicted molar refractivity (Wildman–Crippen MR) is 184 cm³/mol. The van der Waals surface area contributed by atoms with Crippen LogP contribution in [0.25, 0.3) is 65.6 Å². The van der Waals surface area contributed by atoms with Crippen LogP contribution < -0.4 is 4.90 Å². The summed E-state index contributed by atoms with van der Waals surface area (Å²) in [5.41, 5.74) is 8.08. The van der Waals surface area contributed by atoms with E-state index in [-0.39, 0.29) is 0 Å². The number of anilines is 3. The van der Waals surface area contributed by atoms with E-state index >= 15 is 0 Å². The van der Waals surface area contributed by atoms with Crippen LogP contribution in [0, 0.1) is 0 Å². The molecule has 0 aliphatic rings. The smallest absolute Gasteiger partial charge is 0.144 e. The maximum absolute atomic E-state index is 6.51. The number of hydrogen-bond donors (Lipinski definition) is 0. The first-order chi connectivity index (χ1) is 21.8. The van der Waals surface area contributed by atoms with Crippen molar-refractivity contribution in [2.45, 2.75) is 0 Å². The van der Waals surface area contributed by atoms with Crippen LogP contribution in [-0.2, 0) is 0 Å². The monoisotopic (exact) mass is 562 g/mol. The van der Waals surface area contributed by atoms with E-state index < -0.39 is 0 Å². The molecule has 0 unspecified atom stereocenters. The zero-order chi connectivity index (χ0) is 29.0. The Morgan fingerprint density at radius 3 is 1.98 bits per heavy atom. The lowest BCUT2D eigenvalue weighted by atomic mass is 9.97. The van der Waals surface area contributed by atoms with Crippen LogP contribution in [0.2, 0.25) is 0 Å². The summed E-state index contributed by atoms with van der Waals surface area (Å²) < 4.78 is 6.51. The standard InChI is InChI=1S/C41H26N2O/c1-2-12-30(13-3-1)43(32-23-18-27-10-4-5-11-29(27)26-32)31-21-19-28(20-22-31)40-36-25-24-34-33-14-7-9-17-38(33)44-41(34)39(36)35-15-6-8-16-37(35)42-40/h1-26H. The number of furan rings is 1. The van der Waals surface area contributed by atoms with E-state index in [0.29, 0.717) is 0 Å². The highest BCUT2D eigenvalue weighted by Gasteiger charge is 2.18. The average Bonchev–Trinajstić information content (AvgIpc) is 3.48. The van der Waals surface area contributed by atoms with Gasteiger partial charge in [-0.1, -0.05) is 103 Å². The lowest BCUT2D eigenvalue weighted by molar-refractivity contribution is 0.673. The minimum absolute atomic E-state index is 0.900. The summed E-state index contributed by atoms with van der Waals surface area (Å²) in [6.07, 6.45) is 0. The number of rotatable bonds is 4. The molecule has 2 heterocycles. The first-order valence-electron chi connectivity index (χ1n) is 14.9. The molecule has 0 aliphatic heterocycles. The summed E-state index contributed by atoms with van der Waals surface area (Å²) in [5, 5.41) is 7.98. The largest absolute Gasteiger partial charge is 0.455 e. The third-order valence-electron chi connectivity index (χ3n) is 8.61. The summed E-state index contributed by atoms with van der Waals surface area (Å²) >= 11 is 0. The van der Waals surface area contributed by atoms with Crippen molar-refractivity contribution in [3.05, 3.63) is 158 Å². The Kier molecular flexibility index (Phi) is 5.50. The molecule has 2 aromatic heterocycles. The summed E-state index contributed by atoms with van der Waals surface area (Å²) in [7, 11) is 0. The molecule has 3 nitrogen and oxygen atoms in total. The van der Waals surface area contributed by atoms with E-state index in [0.717, 1.165) is 71.9 Å². The van der Waals surface area contributed by atoms with Crippen molar-refractivity contribution in [1.82, 2.24) is 4.98 Å². The molecule has 7 aromatic carbocycles. The molecular formula is C41H26N2O. The lowest BCUT2D eigenvalue weighted by Crippen LogP contribution is -2.09. The van der Waals surface area contributed by atoms with Gasteiger partial charge in [0.1, 0.15) is 11.2 Å². The Balaban J connectivity index is 1.23. The topological polar surface area (TPSA) is 29.3 Å². The van der Waals surface area contributed by atoms with Gasteiger partial charge in [0.05, 0.1) is 11.2 Å². The van der Waals surface area contributed by atoms with Gasteiger partial charge in [0.15, 0.2) is 0 Å². The maximum atomic E-state index is 6.51. The predicted octanol–water partition coefficient (Wildman–Crippen LogP) is 11.6. The molecule has 44 heavy (non-hydrogen) atoms. The molecule has 0 N–H and O–H groups in total. The number of hydrogen-bond acceptors (Lipinski definition) is 3. The summed E-state index contributed by atoms with van der Waals surface area (Å²) in [6, 6.07) is 55.4. The SMILES string of the molecule is c1ccc(N(c2ccc(-c3nc4ccccc4c4c3ccc3c5ccccc5oc34)cc2)c2ccc3ccccc3c2)cc1. The second-order valence-electron chi connectivity index (χ2n) is 11.2. The van der Waals surface area contributed by atoms with Gasteiger partial charge in [-0.3, -0.25) is 0 Å². The van der Waals surface area contributed by atoms with Crippen LogP contribution in [0.4, 0.5) is 17.1 Å². The fourth-order valence-electron chi connectivity index (χ4n) is 6.55. The van der Waals surface area contributed by atoms with Crippen molar-refractivity contribution in [2.75, 3.05) is 4.90 Å². The number of benzene rings is 7.